The van der Waals surface area contributed by atoms with Crippen molar-refractivity contribution in [1.82, 2.24) is 4.90 Å². The lowest BCUT2D eigenvalue weighted by Crippen LogP contribution is -2.49. The molecule has 2 nitrogen and oxygen atoms in total. The number of nitrogens with zero attached hydrogens (tertiary/aromatic N) is 1. The van der Waals surface area contributed by atoms with Crippen molar-refractivity contribution in [1.29, 1.82) is 0 Å². The second kappa shape index (κ2) is 9.19. The van der Waals surface area contributed by atoms with E-state index in [1.165, 1.54) is 47.9 Å². The Morgan fingerprint density at radius 2 is 2.00 bits per heavy atom. The van der Waals surface area contributed by atoms with Crippen LogP contribution in [0.1, 0.15) is 57.9 Å². The summed E-state index contributed by atoms with van der Waals surface area (Å²) in [7, 11) is 2.20. The molecule has 0 saturated carbocycles. The molecule has 0 saturated heterocycles. The average molecular weight is 361 g/mol. The van der Waals surface area contributed by atoms with E-state index in [2.05, 4.69) is 53.2 Å². The molecule has 1 atom stereocenters. The maximum atomic E-state index is 6.06. The maximum Gasteiger partial charge on any atom is 0.0701 e. The van der Waals surface area contributed by atoms with Crippen molar-refractivity contribution in [3.05, 3.63) is 20.8 Å². The van der Waals surface area contributed by atoms with Gasteiger partial charge in [0.15, 0.2) is 0 Å². The topological polar surface area (TPSA) is 29.3 Å². The minimum Gasteiger partial charge on any atom is -0.329 e. The predicted molar refractivity (Wildman–Crippen MR) is 94.3 cm³/mol. The zero-order valence-corrected chi connectivity index (χ0v) is 15.5. The highest BCUT2D eigenvalue weighted by Crippen LogP contribution is 2.26. The lowest BCUT2D eigenvalue weighted by molar-refractivity contribution is 0.123. The molecule has 0 radical (unpaired) electrons. The second-order valence-corrected chi connectivity index (χ2v) is 8.27. The van der Waals surface area contributed by atoms with Crippen LogP contribution in [0, 0.1) is 0 Å². The van der Waals surface area contributed by atoms with Crippen molar-refractivity contribution in [2.45, 2.75) is 64.5 Å². The highest BCUT2D eigenvalue weighted by Gasteiger charge is 2.27. The second-order valence-electron chi connectivity index (χ2n) is 5.98. The highest BCUT2D eigenvalue weighted by molar-refractivity contribution is 9.11. The van der Waals surface area contributed by atoms with E-state index < -0.39 is 0 Å². The van der Waals surface area contributed by atoms with Gasteiger partial charge in [0.25, 0.3) is 0 Å². The summed E-state index contributed by atoms with van der Waals surface area (Å²) < 4.78 is 1.20. The SMILES string of the molecule is CCCCCCCC(C)(CN)N(C)Cc1csc(Br)c1. The van der Waals surface area contributed by atoms with Crippen LogP contribution in [-0.2, 0) is 6.54 Å². The number of nitrogens with two attached hydrogens (primary N) is 1. The van der Waals surface area contributed by atoms with E-state index in [9.17, 15) is 0 Å². The summed E-state index contributed by atoms with van der Waals surface area (Å²) in [5, 5.41) is 2.22. The fourth-order valence-corrected chi connectivity index (χ4v) is 3.65. The zero-order valence-electron chi connectivity index (χ0n) is 13.1. The molecular formula is C16H29BrN2S. The van der Waals surface area contributed by atoms with Gasteiger partial charge in [0, 0.05) is 18.6 Å². The Morgan fingerprint density at radius 1 is 1.30 bits per heavy atom. The van der Waals surface area contributed by atoms with Gasteiger partial charge in [0.2, 0.25) is 0 Å². The van der Waals surface area contributed by atoms with Gasteiger partial charge in [-0.3, -0.25) is 4.90 Å². The van der Waals surface area contributed by atoms with Gasteiger partial charge in [-0.2, -0.15) is 0 Å². The van der Waals surface area contributed by atoms with Crippen LogP contribution in [0.4, 0.5) is 0 Å². The molecule has 1 aromatic rings. The third-order valence-electron chi connectivity index (χ3n) is 4.22. The molecule has 1 rings (SSSR count). The first-order valence-electron chi connectivity index (χ1n) is 7.66. The maximum absolute atomic E-state index is 6.06. The smallest absolute Gasteiger partial charge is 0.0701 e. The number of hydrogen-bond donors (Lipinski definition) is 1. The van der Waals surface area contributed by atoms with E-state index in [-0.39, 0.29) is 5.54 Å². The van der Waals surface area contributed by atoms with Crippen molar-refractivity contribution in [2.24, 2.45) is 5.73 Å². The molecule has 1 heterocycles. The molecule has 0 aliphatic rings. The number of hydrogen-bond acceptors (Lipinski definition) is 3. The van der Waals surface area contributed by atoms with Crippen molar-refractivity contribution < 1.29 is 0 Å². The first-order chi connectivity index (χ1) is 9.51. The van der Waals surface area contributed by atoms with Crippen LogP contribution in [0.25, 0.3) is 0 Å². The molecule has 0 spiro atoms. The molecule has 1 aromatic heterocycles. The van der Waals surface area contributed by atoms with Crippen LogP contribution < -0.4 is 5.73 Å². The monoisotopic (exact) mass is 360 g/mol. The summed E-state index contributed by atoms with van der Waals surface area (Å²) in [6.07, 6.45) is 7.83. The third kappa shape index (κ3) is 5.84. The Balaban J connectivity index is 2.44. The van der Waals surface area contributed by atoms with Crippen LogP contribution in [0.5, 0.6) is 0 Å². The first-order valence-corrected chi connectivity index (χ1v) is 9.33. The number of likely N-dealkylation sites (N-methyl/N-ethyl adjacent to an activating group) is 1. The first kappa shape index (κ1) is 18.1. The van der Waals surface area contributed by atoms with E-state index in [0.717, 1.165) is 13.1 Å². The van der Waals surface area contributed by atoms with E-state index in [0.29, 0.717) is 0 Å². The summed E-state index contributed by atoms with van der Waals surface area (Å²) in [5.41, 5.74) is 7.54. The molecule has 0 aliphatic carbocycles. The minimum atomic E-state index is 0.112. The molecule has 0 bridgehead atoms. The molecule has 0 fully saturated rings. The van der Waals surface area contributed by atoms with Gasteiger partial charge in [0.1, 0.15) is 0 Å². The largest absolute Gasteiger partial charge is 0.329 e. The molecular weight excluding hydrogens is 332 g/mol. The highest BCUT2D eigenvalue weighted by atomic mass is 79.9. The number of halogens is 1. The van der Waals surface area contributed by atoms with Crippen LogP contribution in [-0.4, -0.2) is 24.0 Å². The molecule has 4 heteroatoms. The minimum absolute atomic E-state index is 0.112. The Hall–Kier alpha value is 0.100. The lowest BCUT2D eigenvalue weighted by Gasteiger charge is -2.38. The average Bonchev–Trinajstić information content (AvgIpc) is 2.83. The van der Waals surface area contributed by atoms with Crippen LogP contribution in [0.2, 0.25) is 0 Å². The van der Waals surface area contributed by atoms with E-state index in [1.807, 2.05) is 0 Å². The molecule has 0 amide bonds. The van der Waals surface area contributed by atoms with Crippen LogP contribution >= 0.6 is 27.3 Å². The quantitative estimate of drug-likeness (QED) is 0.593. The van der Waals surface area contributed by atoms with Gasteiger partial charge in [0.05, 0.1) is 3.79 Å². The summed E-state index contributed by atoms with van der Waals surface area (Å²) in [4.78, 5) is 2.42. The molecule has 116 valence electrons. The van der Waals surface area contributed by atoms with Crippen molar-refractivity contribution in [3.8, 4) is 0 Å². The molecule has 1 unspecified atom stereocenters. The standard InChI is InChI=1S/C16H29BrN2S/c1-4-5-6-7-8-9-16(2,13-18)19(3)11-14-10-15(17)20-12-14/h10,12H,4-9,11,13,18H2,1-3H3. The molecule has 20 heavy (non-hydrogen) atoms. The Kier molecular flexibility index (Phi) is 8.34. The van der Waals surface area contributed by atoms with Crippen LogP contribution in [0.3, 0.4) is 0 Å². The van der Waals surface area contributed by atoms with Crippen molar-refractivity contribution >= 4 is 27.3 Å². The fraction of sp³-hybridized carbons (Fsp3) is 0.750. The van der Waals surface area contributed by atoms with Crippen molar-refractivity contribution in [3.63, 3.8) is 0 Å². The number of rotatable bonds is 10. The summed E-state index contributed by atoms with van der Waals surface area (Å²) in [5.74, 6) is 0. The van der Waals surface area contributed by atoms with Gasteiger partial charge in [-0.05, 0) is 53.3 Å². The summed E-state index contributed by atoms with van der Waals surface area (Å²) in [6, 6.07) is 2.21. The van der Waals surface area contributed by atoms with E-state index in [1.54, 1.807) is 11.3 Å². The van der Waals surface area contributed by atoms with Crippen LogP contribution in [0.15, 0.2) is 15.2 Å². The lowest BCUT2D eigenvalue weighted by atomic mass is 9.92. The van der Waals surface area contributed by atoms with Gasteiger partial charge in [-0.15, -0.1) is 11.3 Å². The van der Waals surface area contributed by atoms with Gasteiger partial charge in [-0.1, -0.05) is 39.0 Å². The Bertz CT molecular complexity index is 380. The Labute approximate surface area is 136 Å². The van der Waals surface area contributed by atoms with E-state index in [4.69, 9.17) is 5.73 Å². The van der Waals surface area contributed by atoms with E-state index >= 15 is 0 Å². The third-order valence-corrected chi connectivity index (χ3v) is 5.77. The number of unbranched alkanes of at least 4 members (excludes halogenated alkanes) is 4. The fourth-order valence-electron chi connectivity index (χ4n) is 2.45. The summed E-state index contributed by atoms with van der Waals surface area (Å²) in [6.45, 7) is 6.26. The van der Waals surface area contributed by atoms with Gasteiger partial charge in [-0.25, -0.2) is 0 Å². The normalized spacial score (nSPS) is 14.7. The molecule has 0 aliphatic heterocycles. The molecule has 0 aromatic carbocycles. The summed E-state index contributed by atoms with van der Waals surface area (Å²) >= 11 is 5.28. The van der Waals surface area contributed by atoms with Gasteiger partial charge >= 0.3 is 0 Å². The Morgan fingerprint density at radius 3 is 2.55 bits per heavy atom. The molecule has 2 N–H and O–H groups in total. The van der Waals surface area contributed by atoms with Crippen molar-refractivity contribution in [2.75, 3.05) is 13.6 Å². The zero-order chi connectivity index (χ0) is 15.0. The number of thiophene rings is 1. The van der Waals surface area contributed by atoms with Gasteiger partial charge < -0.3 is 5.73 Å². The predicted octanol–water partition coefficient (Wildman–Crippen LogP) is 5.02.